The van der Waals surface area contributed by atoms with Crippen molar-refractivity contribution in [1.29, 1.82) is 0 Å². The summed E-state index contributed by atoms with van der Waals surface area (Å²) in [6.45, 7) is 3.16. The molecule has 0 saturated carbocycles. The van der Waals surface area contributed by atoms with Crippen molar-refractivity contribution >= 4 is 0 Å². The lowest BCUT2D eigenvalue weighted by Gasteiger charge is -2.15. The third-order valence-corrected chi connectivity index (χ3v) is 2.42. The molecule has 0 atom stereocenters. The van der Waals surface area contributed by atoms with Gasteiger partial charge in [0.2, 0.25) is 0 Å². The summed E-state index contributed by atoms with van der Waals surface area (Å²) < 4.78 is 2.14. The number of nitrogens with zero attached hydrogens (tertiary/aromatic N) is 2. The molecule has 96 valence electrons. The molecule has 0 aliphatic rings. The third-order valence-electron chi connectivity index (χ3n) is 2.42. The highest BCUT2D eigenvalue weighted by molar-refractivity contribution is 5.30. The Morgan fingerprint density at radius 1 is 1.22 bits per heavy atom. The van der Waals surface area contributed by atoms with Gasteiger partial charge in [-0.25, -0.2) is 23.9 Å². The van der Waals surface area contributed by atoms with Gasteiger partial charge in [-0.3, -0.25) is 0 Å². The maximum atomic E-state index is 12.1. The van der Waals surface area contributed by atoms with Crippen LogP contribution in [0, 0.1) is 0 Å². The van der Waals surface area contributed by atoms with E-state index in [0.717, 1.165) is 9.25 Å². The van der Waals surface area contributed by atoms with Gasteiger partial charge < -0.3 is 5.11 Å². The minimum Gasteiger partial charge on any atom is -0.389 e. The molecule has 2 rings (SSSR count). The summed E-state index contributed by atoms with van der Waals surface area (Å²) in [4.78, 5) is 23.8. The Morgan fingerprint density at radius 2 is 1.83 bits per heavy atom. The van der Waals surface area contributed by atoms with Gasteiger partial charge in [0.25, 0.3) is 0 Å². The first kappa shape index (κ1) is 12.4. The lowest BCUT2D eigenvalue weighted by Crippen LogP contribution is -2.34. The number of hydrogen-bond acceptors (Lipinski definition) is 3. The molecule has 1 heterocycles. The zero-order valence-corrected chi connectivity index (χ0v) is 10.3. The Hall–Kier alpha value is -2.08. The average molecular weight is 249 g/mol. The van der Waals surface area contributed by atoms with E-state index in [4.69, 9.17) is 0 Å². The number of nitrogens with one attached hydrogen (secondary N) is 1. The maximum absolute atomic E-state index is 12.1. The summed E-state index contributed by atoms with van der Waals surface area (Å²) in [6, 6.07) is 8.63. The summed E-state index contributed by atoms with van der Waals surface area (Å²) in [7, 11) is 0. The molecular weight excluding hydrogens is 234 g/mol. The number of para-hydroxylation sites is 1. The van der Waals surface area contributed by atoms with Crippen molar-refractivity contribution in [1.82, 2.24) is 14.3 Å². The van der Waals surface area contributed by atoms with Gasteiger partial charge in [-0.2, -0.15) is 0 Å². The van der Waals surface area contributed by atoms with E-state index in [1.807, 2.05) is 0 Å². The molecule has 0 spiro atoms. The van der Waals surface area contributed by atoms with E-state index in [1.54, 1.807) is 44.2 Å². The van der Waals surface area contributed by atoms with Crippen LogP contribution in [0.15, 0.2) is 39.9 Å². The minimum absolute atomic E-state index is 0.0287. The molecule has 0 fully saturated rings. The quantitative estimate of drug-likeness (QED) is 0.809. The van der Waals surface area contributed by atoms with Crippen LogP contribution in [-0.2, 0) is 6.54 Å². The molecule has 1 aromatic carbocycles. The summed E-state index contributed by atoms with van der Waals surface area (Å²) in [5.41, 5.74) is -1.59. The third kappa shape index (κ3) is 2.43. The zero-order chi connectivity index (χ0) is 13.3. The van der Waals surface area contributed by atoms with Crippen LogP contribution < -0.4 is 11.4 Å². The van der Waals surface area contributed by atoms with Crippen LogP contribution >= 0.6 is 0 Å². The molecule has 0 saturated heterocycles. The molecule has 0 aliphatic carbocycles. The number of benzene rings is 1. The van der Waals surface area contributed by atoms with Crippen molar-refractivity contribution in [2.24, 2.45) is 0 Å². The summed E-state index contributed by atoms with van der Waals surface area (Å²) in [6.07, 6.45) is 0. The second-order valence-corrected chi connectivity index (χ2v) is 4.77. The molecule has 1 aromatic heterocycles. The first-order valence-electron chi connectivity index (χ1n) is 5.58. The van der Waals surface area contributed by atoms with E-state index in [9.17, 15) is 14.7 Å². The largest absolute Gasteiger partial charge is 0.389 e. The van der Waals surface area contributed by atoms with Crippen LogP contribution in [0.1, 0.15) is 13.8 Å². The Bertz CT molecular complexity index is 644. The fourth-order valence-electron chi connectivity index (χ4n) is 1.72. The van der Waals surface area contributed by atoms with E-state index < -0.39 is 17.0 Å². The van der Waals surface area contributed by atoms with Gasteiger partial charge in [0, 0.05) is 0 Å². The predicted octanol–water partition coefficient (Wildman–Crippen LogP) is 0.0982. The van der Waals surface area contributed by atoms with Gasteiger partial charge in [0.05, 0.1) is 17.8 Å². The van der Waals surface area contributed by atoms with E-state index in [0.29, 0.717) is 5.69 Å². The number of aromatic amines is 1. The normalized spacial score (nSPS) is 11.7. The van der Waals surface area contributed by atoms with Gasteiger partial charge >= 0.3 is 11.4 Å². The molecule has 0 bridgehead atoms. The van der Waals surface area contributed by atoms with Crippen molar-refractivity contribution in [2.75, 3.05) is 0 Å². The predicted molar refractivity (Wildman–Crippen MR) is 66.9 cm³/mol. The molecule has 0 unspecified atom stereocenters. The van der Waals surface area contributed by atoms with Crippen molar-refractivity contribution in [2.45, 2.75) is 26.0 Å². The van der Waals surface area contributed by atoms with Gasteiger partial charge in [0.15, 0.2) is 0 Å². The van der Waals surface area contributed by atoms with Crippen molar-refractivity contribution in [3.63, 3.8) is 0 Å². The fourth-order valence-corrected chi connectivity index (χ4v) is 1.72. The van der Waals surface area contributed by atoms with Crippen LogP contribution in [0.4, 0.5) is 0 Å². The smallest absolute Gasteiger partial charge is 0.351 e. The highest BCUT2D eigenvalue weighted by Gasteiger charge is 2.18. The topological polar surface area (TPSA) is 80.0 Å². The number of aromatic nitrogens is 3. The maximum Gasteiger partial charge on any atom is 0.351 e. The lowest BCUT2D eigenvalue weighted by molar-refractivity contribution is 0.0563. The number of hydrogen-bond donors (Lipinski definition) is 2. The molecule has 0 aliphatic heterocycles. The van der Waals surface area contributed by atoms with Crippen molar-refractivity contribution in [3.05, 3.63) is 51.3 Å². The van der Waals surface area contributed by atoms with E-state index in [1.165, 1.54) is 0 Å². The molecule has 6 nitrogen and oxygen atoms in total. The van der Waals surface area contributed by atoms with Crippen molar-refractivity contribution in [3.8, 4) is 5.69 Å². The van der Waals surface area contributed by atoms with Gasteiger partial charge in [-0.1, -0.05) is 18.2 Å². The highest BCUT2D eigenvalue weighted by Crippen LogP contribution is 2.03. The Morgan fingerprint density at radius 3 is 2.39 bits per heavy atom. The molecular formula is C12H15N3O3. The van der Waals surface area contributed by atoms with Crippen LogP contribution in [0.5, 0.6) is 0 Å². The number of aliphatic hydroxyl groups is 1. The number of rotatable bonds is 3. The van der Waals surface area contributed by atoms with Gasteiger partial charge in [-0.05, 0) is 26.0 Å². The summed E-state index contributed by atoms with van der Waals surface area (Å²) in [5, 5.41) is 12.1. The molecule has 6 heteroatoms. The van der Waals surface area contributed by atoms with Crippen LogP contribution in [0.3, 0.4) is 0 Å². The molecule has 2 N–H and O–H groups in total. The minimum atomic E-state index is -1.07. The van der Waals surface area contributed by atoms with E-state index in [-0.39, 0.29) is 6.54 Å². The Labute approximate surface area is 103 Å². The molecule has 0 amide bonds. The highest BCUT2D eigenvalue weighted by atomic mass is 16.3. The second-order valence-electron chi connectivity index (χ2n) is 4.77. The van der Waals surface area contributed by atoms with Crippen LogP contribution in [0.25, 0.3) is 5.69 Å². The molecule has 2 aromatic rings. The first-order valence-corrected chi connectivity index (χ1v) is 5.58. The second kappa shape index (κ2) is 4.30. The Kier molecular flexibility index (Phi) is 2.96. The Balaban J connectivity index is 2.53. The zero-order valence-electron chi connectivity index (χ0n) is 10.3. The van der Waals surface area contributed by atoms with Crippen molar-refractivity contribution < 1.29 is 5.11 Å². The lowest BCUT2D eigenvalue weighted by atomic mass is 10.1. The van der Waals surface area contributed by atoms with Gasteiger partial charge in [0.1, 0.15) is 0 Å². The standard InChI is InChI=1S/C12H15N3O3/c1-12(2,18)8-14-11(17)15(10(16)13-14)9-6-4-3-5-7-9/h3-7,18H,8H2,1-2H3,(H,13,16). The first-order chi connectivity index (χ1) is 8.38. The molecule has 18 heavy (non-hydrogen) atoms. The van der Waals surface area contributed by atoms with Crippen LogP contribution in [0.2, 0.25) is 0 Å². The van der Waals surface area contributed by atoms with E-state index in [2.05, 4.69) is 5.10 Å². The SMILES string of the molecule is CC(C)(O)Cn1[nH]c(=O)n(-c2ccccc2)c1=O. The molecule has 0 radical (unpaired) electrons. The summed E-state index contributed by atoms with van der Waals surface area (Å²) >= 11 is 0. The van der Waals surface area contributed by atoms with E-state index >= 15 is 0 Å². The fraction of sp³-hybridized carbons (Fsp3) is 0.333. The average Bonchev–Trinajstić information content (AvgIpc) is 2.53. The monoisotopic (exact) mass is 249 g/mol. The summed E-state index contributed by atoms with van der Waals surface area (Å²) in [5.74, 6) is 0. The van der Waals surface area contributed by atoms with Gasteiger partial charge in [-0.15, -0.1) is 0 Å². The van der Waals surface area contributed by atoms with Crippen LogP contribution in [-0.4, -0.2) is 25.1 Å². The number of H-pyrrole nitrogens is 1.